The predicted octanol–water partition coefficient (Wildman–Crippen LogP) is 2.98. The Bertz CT molecular complexity index is 402. The average molecular weight is 279 g/mol. The minimum absolute atomic E-state index is 0.210. The number of aliphatic hydroxyl groups excluding tert-OH is 1. The van der Waals surface area contributed by atoms with Gasteiger partial charge in [0.1, 0.15) is 0 Å². The Morgan fingerprint density at radius 1 is 1.40 bits per heavy atom. The molecule has 1 N–H and O–H groups in total. The van der Waals surface area contributed by atoms with Crippen LogP contribution in [0.15, 0.2) is 12.3 Å². The molecule has 1 aromatic rings. The molecule has 20 heavy (non-hydrogen) atoms. The van der Waals surface area contributed by atoms with Crippen molar-refractivity contribution in [3.8, 4) is 0 Å². The van der Waals surface area contributed by atoms with Gasteiger partial charge in [0.2, 0.25) is 0 Å². The fourth-order valence-electron chi connectivity index (χ4n) is 3.03. The van der Waals surface area contributed by atoms with Gasteiger partial charge < -0.3 is 5.11 Å². The highest BCUT2D eigenvalue weighted by Gasteiger charge is 2.24. The molecule has 1 saturated heterocycles. The van der Waals surface area contributed by atoms with E-state index in [9.17, 15) is 5.11 Å². The summed E-state index contributed by atoms with van der Waals surface area (Å²) in [4.78, 5) is 2.50. The van der Waals surface area contributed by atoms with Crippen LogP contribution < -0.4 is 0 Å². The number of likely N-dealkylation sites (tertiary alicyclic amines) is 1. The number of rotatable bonds is 6. The summed E-state index contributed by atoms with van der Waals surface area (Å²) in [5.41, 5.74) is 1.16. The first-order chi connectivity index (χ1) is 9.60. The van der Waals surface area contributed by atoms with E-state index in [1.54, 1.807) is 0 Å². The third-order valence-electron chi connectivity index (χ3n) is 4.43. The molecule has 1 aliphatic heterocycles. The molecule has 0 spiro atoms. The fraction of sp³-hybridized carbons (Fsp3) is 0.812. The van der Waals surface area contributed by atoms with E-state index in [2.05, 4.69) is 35.7 Å². The second kappa shape index (κ2) is 7.23. The number of piperidine rings is 1. The molecular formula is C16H29N3O. The minimum Gasteiger partial charge on any atom is -0.393 e. The Balaban J connectivity index is 1.97. The number of hydrogen-bond acceptors (Lipinski definition) is 3. The van der Waals surface area contributed by atoms with Crippen molar-refractivity contribution in [3.63, 3.8) is 0 Å². The van der Waals surface area contributed by atoms with Gasteiger partial charge in [-0.1, -0.05) is 13.3 Å². The summed E-state index contributed by atoms with van der Waals surface area (Å²) in [6.07, 6.45) is 7.63. The van der Waals surface area contributed by atoms with Crippen molar-refractivity contribution >= 4 is 0 Å². The van der Waals surface area contributed by atoms with Crippen molar-refractivity contribution in [2.75, 3.05) is 6.54 Å². The summed E-state index contributed by atoms with van der Waals surface area (Å²) in [7, 11) is 0. The molecule has 0 radical (unpaired) electrons. The van der Waals surface area contributed by atoms with Crippen LogP contribution in [0.2, 0.25) is 0 Å². The summed E-state index contributed by atoms with van der Waals surface area (Å²) in [6, 6.07) is 3.12. The van der Waals surface area contributed by atoms with E-state index < -0.39 is 0 Å². The van der Waals surface area contributed by atoms with Gasteiger partial charge in [-0.25, -0.2) is 0 Å². The molecule has 0 amide bonds. The standard InChI is InChI=1S/C16H29N3O/c1-4-13(2)19-10-8-15(17-19)12-18-9-6-5-7-16(18)11-14(3)20/h8,10,13-14,16,20H,4-7,9,11-12H2,1-3H3. The van der Waals surface area contributed by atoms with Crippen LogP contribution >= 0.6 is 0 Å². The molecule has 4 heteroatoms. The summed E-state index contributed by atoms with van der Waals surface area (Å²) in [5, 5.41) is 14.4. The van der Waals surface area contributed by atoms with Crippen LogP contribution in [0, 0.1) is 0 Å². The van der Waals surface area contributed by atoms with E-state index in [0.717, 1.165) is 31.6 Å². The number of nitrogens with zero attached hydrogens (tertiary/aromatic N) is 3. The van der Waals surface area contributed by atoms with Crippen LogP contribution in [-0.4, -0.2) is 38.5 Å². The zero-order valence-electron chi connectivity index (χ0n) is 13.1. The molecule has 114 valence electrons. The quantitative estimate of drug-likeness (QED) is 0.870. The molecule has 1 aliphatic rings. The van der Waals surface area contributed by atoms with E-state index >= 15 is 0 Å². The highest BCUT2D eigenvalue weighted by Crippen LogP contribution is 2.23. The largest absolute Gasteiger partial charge is 0.393 e. The lowest BCUT2D eigenvalue weighted by molar-refractivity contribution is 0.0807. The van der Waals surface area contributed by atoms with E-state index in [-0.39, 0.29) is 6.10 Å². The molecule has 3 unspecified atom stereocenters. The lowest BCUT2D eigenvalue weighted by Gasteiger charge is -2.36. The van der Waals surface area contributed by atoms with Crippen LogP contribution in [-0.2, 0) is 6.54 Å². The molecule has 0 bridgehead atoms. The van der Waals surface area contributed by atoms with E-state index in [1.165, 1.54) is 19.3 Å². The van der Waals surface area contributed by atoms with Gasteiger partial charge in [-0.15, -0.1) is 0 Å². The van der Waals surface area contributed by atoms with Gasteiger partial charge in [0.05, 0.1) is 11.8 Å². The topological polar surface area (TPSA) is 41.3 Å². The molecule has 0 saturated carbocycles. The Labute approximate surface area is 122 Å². The third kappa shape index (κ3) is 4.06. The lowest BCUT2D eigenvalue weighted by atomic mass is 9.97. The summed E-state index contributed by atoms with van der Waals surface area (Å²) >= 11 is 0. The maximum atomic E-state index is 9.65. The van der Waals surface area contributed by atoms with Crippen LogP contribution in [0.5, 0.6) is 0 Å². The Morgan fingerprint density at radius 2 is 2.20 bits per heavy atom. The van der Waals surface area contributed by atoms with Crippen molar-refractivity contribution in [2.24, 2.45) is 0 Å². The van der Waals surface area contributed by atoms with Crippen molar-refractivity contribution in [3.05, 3.63) is 18.0 Å². The Morgan fingerprint density at radius 3 is 2.90 bits per heavy atom. The molecule has 2 heterocycles. The molecular weight excluding hydrogens is 250 g/mol. The zero-order valence-corrected chi connectivity index (χ0v) is 13.1. The van der Waals surface area contributed by atoms with Crippen molar-refractivity contribution < 1.29 is 5.11 Å². The molecule has 2 rings (SSSR count). The van der Waals surface area contributed by atoms with Crippen LogP contribution in [0.1, 0.15) is 64.6 Å². The van der Waals surface area contributed by atoms with E-state index in [4.69, 9.17) is 5.10 Å². The normalized spacial score (nSPS) is 23.7. The van der Waals surface area contributed by atoms with Gasteiger partial charge in [-0.3, -0.25) is 9.58 Å². The molecule has 1 fully saturated rings. The summed E-state index contributed by atoms with van der Waals surface area (Å²) in [5.74, 6) is 0. The average Bonchev–Trinajstić information content (AvgIpc) is 2.88. The van der Waals surface area contributed by atoms with E-state index in [1.807, 2.05) is 6.92 Å². The maximum Gasteiger partial charge on any atom is 0.0764 e. The predicted molar refractivity (Wildman–Crippen MR) is 81.6 cm³/mol. The van der Waals surface area contributed by atoms with Crippen LogP contribution in [0.25, 0.3) is 0 Å². The van der Waals surface area contributed by atoms with Crippen molar-refractivity contribution in [2.45, 2.75) is 77.6 Å². The number of hydrogen-bond donors (Lipinski definition) is 1. The first-order valence-corrected chi connectivity index (χ1v) is 8.06. The third-order valence-corrected chi connectivity index (χ3v) is 4.43. The molecule has 0 aromatic carbocycles. The number of aliphatic hydroxyl groups is 1. The van der Waals surface area contributed by atoms with Gasteiger partial charge in [-0.2, -0.15) is 5.10 Å². The minimum atomic E-state index is -0.210. The Kier molecular flexibility index (Phi) is 5.61. The van der Waals surface area contributed by atoms with Crippen molar-refractivity contribution in [1.82, 2.24) is 14.7 Å². The highest BCUT2D eigenvalue weighted by molar-refractivity contribution is 5.00. The number of aromatic nitrogens is 2. The SMILES string of the molecule is CCC(C)n1ccc(CN2CCCCC2CC(C)O)n1. The van der Waals surface area contributed by atoms with Gasteiger partial charge >= 0.3 is 0 Å². The highest BCUT2D eigenvalue weighted by atomic mass is 16.3. The second-order valence-electron chi connectivity index (χ2n) is 6.25. The Hall–Kier alpha value is -0.870. The van der Waals surface area contributed by atoms with Gasteiger partial charge in [0.25, 0.3) is 0 Å². The monoisotopic (exact) mass is 279 g/mol. The molecule has 1 aromatic heterocycles. The fourth-order valence-corrected chi connectivity index (χ4v) is 3.03. The second-order valence-corrected chi connectivity index (χ2v) is 6.25. The summed E-state index contributed by atoms with van der Waals surface area (Å²) < 4.78 is 2.07. The zero-order chi connectivity index (χ0) is 14.5. The molecule has 4 nitrogen and oxygen atoms in total. The van der Waals surface area contributed by atoms with Gasteiger partial charge in [0.15, 0.2) is 0 Å². The first-order valence-electron chi connectivity index (χ1n) is 8.06. The van der Waals surface area contributed by atoms with E-state index in [0.29, 0.717) is 12.1 Å². The lowest BCUT2D eigenvalue weighted by Crippen LogP contribution is -2.40. The van der Waals surface area contributed by atoms with Gasteiger partial charge in [-0.05, 0) is 52.1 Å². The van der Waals surface area contributed by atoms with Crippen LogP contribution in [0.3, 0.4) is 0 Å². The van der Waals surface area contributed by atoms with Crippen molar-refractivity contribution in [1.29, 1.82) is 0 Å². The summed E-state index contributed by atoms with van der Waals surface area (Å²) in [6.45, 7) is 8.34. The smallest absolute Gasteiger partial charge is 0.0764 e. The maximum absolute atomic E-state index is 9.65. The van der Waals surface area contributed by atoms with Crippen LogP contribution in [0.4, 0.5) is 0 Å². The molecule has 0 aliphatic carbocycles. The molecule has 3 atom stereocenters. The first kappa shape index (κ1) is 15.5. The van der Waals surface area contributed by atoms with Gasteiger partial charge in [0, 0.05) is 24.8 Å².